The third kappa shape index (κ3) is 5.94. The molecule has 0 aliphatic carbocycles. The summed E-state index contributed by atoms with van der Waals surface area (Å²) in [6.07, 6.45) is -1.86. The van der Waals surface area contributed by atoms with Gasteiger partial charge in [0.1, 0.15) is 0 Å². The second-order valence-electron chi connectivity index (χ2n) is 2.22. The Morgan fingerprint density at radius 2 is 2.18 bits per heavy atom. The van der Waals surface area contributed by atoms with Crippen molar-refractivity contribution in [2.75, 3.05) is 6.29 Å². The molecule has 0 spiro atoms. The average Bonchev–Trinajstić information content (AvgIpc) is 1.53. The van der Waals surface area contributed by atoms with Crippen LogP contribution in [0.25, 0.3) is 0 Å². The molecule has 0 heterocycles. The van der Waals surface area contributed by atoms with Crippen LogP contribution in [-0.4, -0.2) is 17.3 Å². The molecule has 0 aromatic heterocycles. The molecule has 0 fully saturated rings. The number of rotatable bonds is 4. The Bertz CT molecular complexity index is 195. The lowest BCUT2D eigenvalue weighted by molar-refractivity contribution is -0.461. The van der Waals surface area contributed by atoms with Crippen LogP contribution in [0.5, 0.6) is 0 Å². The molecule has 0 aliphatic heterocycles. The van der Waals surface area contributed by atoms with Crippen molar-refractivity contribution in [1.29, 1.82) is 0 Å². The predicted octanol–water partition coefficient (Wildman–Crippen LogP) is 1.81. The Balaban J connectivity index is 4.01. The van der Waals surface area contributed by atoms with Crippen LogP contribution in [0, 0.1) is 10.1 Å². The first-order chi connectivity index (χ1) is 4.83. The Hall–Kier alpha value is -0.480. The molecule has 0 radical (unpaired) electrons. The first-order valence-electron chi connectivity index (χ1n) is 2.92. The second kappa shape index (κ2) is 3.78. The summed E-state index contributed by atoms with van der Waals surface area (Å²) in [5, 5.41) is 9.71. The van der Waals surface area contributed by atoms with Crippen LogP contribution in [0.4, 0.5) is 4.20 Å². The van der Waals surface area contributed by atoms with E-state index >= 15 is 0 Å². The SMILES string of the molecule is CC(C)OP(=O)(F)C[N+](=O)[O-]. The molecule has 0 saturated carbocycles. The van der Waals surface area contributed by atoms with E-state index < -0.39 is 25.0 Å². The van der Waals surface area contributed by atoms with Gasteiger partial charge in [0, 0.05) is 4.92 Å². The van der Waals surface area contributed by atoms with Crippen molar-refractivity contribution in [3.63, 3.8) is 0 Å². The van der Waals surface area contributed by atoms with Gasteiger partial charge in [0.25, 0.3) is 0 Å². The van der Waals surface area contributed by atoms with Crippen LogP contribution in [0.2, 0.25) is 0 Å². The average molecular weight is 185 g/mol. The zero-order valence-electron chi connectivity index (χ0n) is 6.19. The minimum atomic E-state index is -4.50. The second-order valence-corrected chi connectivity index (χ2v) is 3.89. The molecule has 0 aromatic carbocycles. The Labute approximate surface area is 63.3 Å². The number of nitro groups is 1. The minimum Gasteiger partial charge on any atom is -0.298 e. The van der Waals surface area contributed by atoms with Crippen LogP contribution in [-0.2, 0) is 9.09 Å². The fraction of sp³-hybridized carbons (Fsp3) is 1.00. The van der Waals surface area contributed by atoms with E-state index in [1.165, 1.54) is 13.8 Å². The van der Waals surface area contributed by atoms with Gasteiger partial charge < -0.3 is 0 Å². The molecule has 11 heavy (non-hydrogen) atoms. The van der Waals surface area contributed by atoms with E-state index in [2.05, 4.69) is 4.52 Å². The molecule has 5 nitrogen and oxygen atoms in total. The first kappa shape index (κ1) is 10.5. The van der Waals surface area contributed by atoms with E-state index in [1.807, 2.05) is 0 Å². The first-order valence-corrected chi connectivity index (χ1v) is 4.62. The molecule has 0 aromatic rings. The lowest BCUT2D eigenvalue weighted by atomic mass is 10.5. The van der Waals surface area contributed by atoms with Crippen molar-refractivity contribution in [2.24, 2.45) is 0 Å². The molecule has 7 heteroatoms. The fourth-order valence-corrected chi connectivity index (χ4v) is 1.46. The smallest absolute Gasteiger partial charge is 0.298 e. The molecule has 1 atom stereocenters. The summed E-state index contributed by atoms with van der Waals surface area (Å²) in [5.41, 5.74) is 0. The molecule has 0 saturated heterocycles. The number of hydrogen-bond acceptors (Lipinski definition) is 4. The van der Waals surface area contributed by atoms with Crippen molar-refractivity contribution in [1.82, 2.24) is 0 Å². The maximum absolute atomic E-state index is 12.5. The van der Waals surface area contributed by atoms with Gasteiger partial charge in [0.15, 0.2) is 0 Å². The highest BCUT2D eigenvalue weighted by Crippen LogP contribution is 2.49. The summed E-state index contributed by atoms with van der Waals surface area (Å²) in [6, 6.07) is 0. The van der Waals surface area contributed by atoms with Crippen LogP contribution < -0.4 is 0 Å². The van der Waals surface area contributed by atoms with E-state index in [0.717, 1.165) is 0 Å². The standard InChI is InChI=1S/C4H9FNO4P/c1-4(2)10-11(5,9)3-6(7)8/h4H,3H2,1-2H3. The molecule has 0 rings (SSSR count). The third-order valence-electron chi connectivity index (χ3n) is 0.653. The van der Waals surface area contributed by atoms with Crippen molar-refractivity contribution < 1.29 is 18.2 Å². The predicted molar refractivity (Wildman–Crippen MR) is 36.8 cm³/mol. The minimum absolute atomic E-state index is 0.606. The lowest BCUT2D eigenvalue weighted by Gasteiger charge is -2.07. The zero-order valence-corrected chi connectivity index (χ0v) is 7.08. The summed E-state index contributed by atoms with van der Waals surface area (Å²) < 4.78 is 27.2. The van der Waals surface area contributed by atoms with Crippen molar-refractivity contribution in [2.45, 2.75) is 20.0 Å². The molecule has 0 N–H and O–H groups in total. The number of nitrogens with zero attached hydrogens (tertiary/aromatic N) is 1. The van der Waals surface area contributed by atoms with Gasteiger partial charge in [-0.05, 0) is 13.8 Å². The normalized spacial score (nSPS) is 16.4. The van der Waals surface area contributed by atoms with E-state index in [1.54, 1.807) is 0 Å². The molecule has 0 aliphatic rings. The van der Waals surface area contributed by atoms with E-state index in [0.29, 0.717) is 0 Å². The highest BCUT2D eigenvalue weighted by molar-refractivity contribution is 7.53. The Kier molecular flexibility index (Phi) is 3.62. The van der Waals surface area contributed by atoms with Gasteiger partial charge in [-0.3, -0.25) is 14.6 Å². The van der Waals surface area contributed by atoms with Gasteiger partial charge in [0.05, 0.1) is 6.10 Å². The number of halogens is 1. The summed E-state index contributed by atoms with van der Waals surface area (Å²) in [5.74, 6) is 0. The van der Waals surface area contributed by atoms with Gasteiger partial charge in [0.2, 0.25) is 0 Å². The zero-order chi connectivity index (χ0) is 9.07. The summed E-state index contributed by atoms with van der Waals surface area (Å²) in [4.78, 5) is 8.71. The maximum atomic E-state index is 12.5. The fourth-order valence-electron chi connectivity index (χ4n) is 0.486. The van der Waals surface area contributed by atoms with Crippen LogP contribution >= 0.6 is 7.68 Å². The van der Waals surface area contributed by atoms with Gasteiger partial charge >= 0.3 is 14.0 Å². The van der Waals surface area contributed by atoms with Gasteiger partial charge in [-0.2, -0.15) is 4.20 Å². The van der Waals surface area contributed by atoms with Crippen molar-refractivity contribution in [3.8, 4) is 0 Å². The molecule has 0 bridgehead atoms. The van der Waals surface area contributed by atoms with Crippen LogP contribution in [0.1, 0.15) is 13.8 Å². The summed E-state index contributed by atoms with van der Waals surface area (Å²) >= 11 is 0. The van der Waals surface area contributed by atoms with E-state index in [4.69, 9.17) is 0 Å². The highest BCUT2D eigenvalue weighted by Gasteiger charge is 2.30. The Morgan fingerprint density at radius 3 is 2.45 bits per heavy atom. The van der Waals surface area contributed by atoms with Crippen molar-refractivity contribution >= 4 is 7.68 Å². The van der Waals surface area contributed by atoms with Crippen molar-refractivity contribution in [3.05, 3.63) is 10.1 Å². The maximum Gasteiger partial charge on any atom is 0.436 e. The topological polar surface area (TPSA) is 69.4 Å². The van der Waals surface area contributed by atoms with Crippen LogP contribution in [0.3, 0.4) is 0 Å². The molecular formula is C4H9FNO4P. The monoisotopic (exact) mass is 185 g/mol. The molecule has 1 unspecified atom stereocenters. The number of hydrogen-bond donors (Lipinski definition) is 0. The largest absolute Gasteiger partial charge is 0.436 e. The third-order valence-corrected chi connectivity index (χ3v) is 1.96. The van der Waals surface area contributed by atoms with Gasteiger partial charge in [-0.1, -0.05) is 0 Å². The molecule has 66 valence electrons. The quantitative estimate of drug-likeness (QED) is 0.380. The highest BCUT2D eigenvalue weighted by atomic mass is 31.2. The molecular weight excluding hydrogens is 176 g/mol. The lowest BCUT2D eigenvalue weighted by Crippen LogP contribution is -2.05. The summed E-state index contributed by atoms with van der Waals surface area (Å²) in [6.45, 7) is 2.90. The van der Waals surface area contributed by atoms with Crippen LogP contribution in [0.15, 0.2) is 0 Å². The summed E-state index contributed by atoms with van der Waals surface area (Å²) in [7, 11) is -4.50. The molecule has 0 amide bonds. The van der Waals surface area contributed by atoms with E-state index in [9.17, 15) is 18.9 Å². The van der Waals surface area contributed by atoms with E-state index in [-0.39, 0.29) is 0 Å². The van der Waals surface area contributed by atoms with Gasteiger partial charge in [-0.15, -0.1) is 0 Å². The van der Waals surface area contributed by atoms with Gasteiger partial charge in [-0.25, -0.2) is 4.57 Å². The Morgan fingerprint density at radius 1 is 1.73 bits per heavy atom.